The molecule has 0 N–H and O–H groups in total. The molecule has 0 aromatic heterocycles. The molecule has 0 aromatic carbocycles. The van der Waals surface area contributed by atoms with Gasteiger partial charge in [-0.2, -0.15) is 0 Å². The van der Waals surface area contributed by atoms with Crippen molar-refractivity contribution in [2.75, 3.05) is 26.9 Å². The van der Waals surface area contributed by atoms with Gasteiger partial charge in [0.15, 0.2) is 0 Å². The minimum atomic E-state index is 0.273. The molecule has 1 heterocycles. The molecule has 0 unspecified atom stereocenters. The van der Waals surface area contributed by atoms with Gasteiger partial charge in [-0.15, -0.1) is 0 Å². The third-order valence-electron chi connectivity index (χ3n) is 1.65. The fourth-order valence-corrected chi connectivity index (χ4v) is 1.03. The number of hydrogen-bond donors (Lipinski definition) is 0. The quantitative estimate of drug-likeness (QED) is 0.572. The topological polar surface area (TPSA) is 27.7 Å². The number of methoxy groups -OCH3 is 1. The molecule has 0 amide bonds. The Labute approximate surface area is 67.6 Å². The molecule has 1 fully saturated rings. The number of ether oxygens (including phenoxy) is 3. The van der Waals surface area contributed by atoms with E-state index in [0.717, 1.165) is 12.8 Å². The van der Waals surface area contributed by atoms with Crippen LogP contribution in [0.15, 0.2) is 0 Å². The highest BCUT2D eigenvalue weighted by Crippen LogP contribution is 2.11. The highest BCUT2D eigenvalue weighted by Gasteiger charge is 2.13. The van der Waals surface area contributed by atoms with Crippen LogP contribution in [0.2, 0.25) is 0 Å². The van der Waals surface area contributed by atoms with Gasteiger partial charge in [0, 0.05) is 7.11 Å². The predicted molar refractivity (Wildman–Crippen MR) is 41.1 cm³/mol. The van der Waals surface area contributed by atoms with Gasteiger partial charge in [-0.3, -0.25) is 0 Å². The highest BCUT2D eigenvalue weighted by molar-refractivity contribution is 4.67. The Balaban J connectivity index is 1.96. The predicted octanol–water partition coefficient (Wildman–Crippen LogP) is 0.990. The van der Waals surface area contributed by atoms with E-state index in [4.69, 9.17) is 14.2 Å². The minimum absolute atomic E-state index is 0.273. The molecular weight excluding hydrogens is 144 g/mol. The maximum Gasteiger partial charge on any atom is 0.0839 e. The lowest BCUT2D eigenvalue weighted by Gasteiger charge is -2.21. The molecule has 0 spiro atoms. The molecule has 3 heteroatoms. The second-order valence-electron chi connectivity index (χ2n) is 2.56. The molecule has 3 nitrogen and oxygen atoms in total. The normalized spacial score (nSPS) is 25.4. The fourth-order valence-electron chi connectivity index (χ4n) is 1.03. The second-order valence-corrected chi connectivity index (χ2v) is 2.56. The summed E-state index contributed by atoms with van der Waals surface area (Å²) in [4.78, 5) is 0. The van der Waals surface area contributed by atoms with Crippen LogP contribution in [-0.4, -0.2) is 33.0 Å². The van der Waals surface area contributed by atoms with E-state index < -0.39 is 0 Å². The van der Waals surface area contributed by atoms with E-state index in [-0.39, 0.29) is 6.10 Å². The molecule has 1 aliphatic rings. The molecule has 1 rings (SSSR count). The Bertz CT molecular complexity index is 89.3. The molecule has 11 heavy (non-hydrogen) atoms. The van der Waals surface area contributed by atoms with Gasteiger partial charge in [0.25, 0.3) is 0 Å². The Morgan fingerprint density at radius 2 is 2.45 bits per heavy atom. The van der Waals surface area contributed by atoms with Crippen LogP contribution in [0.3, 0.4) is 0 Å². The van der Waals surface area contributed by atoms with Crippen molar-refractivity contribution < 1.29 is 14.2 Å². The largest absolute Gasteiger partial charge is 0.382 e. The summed E-state index contributed by atoms with van der Waals surface area (Å²) >= 11 is 0. The number of rotatable bonds is 4. The van der Waals surface area contributed by atoms with Crippen molar-refractivity contribution in [2.24, 2.45) is 0 Å². The molecule has 0 aromatic rings. The zero-order chi connectivity index (χ0) is 7.94. The van der Waals surface area contributed by atoms with Crippen molar-refractivity contribution in [3.05, 3.63) is 6.61 Å². The Morgan fingerprint density at radius 3 is 3.09 bits per heavy atom. The smallest absolute Gasteiger partial charge is 0.0839 e. The van der Waals surface area contributed by atoms with Crippen molar-refractivity contribution in [1.29, 1.82) is 0 Å². The maximum atomic E-state index is 5.45. The SMILES string of the molecule is COCCO[C@@H]1CC[CH]OC1. The van der Waals surface area contributed by atoms with Gasteiger partial charge in [0.2, 0.25) is 0 Å². The van der Waals surface area contributed by atoms with Crippen molar-refractivity contribution >= 4 is 0 Å². The van der Waals surface area contributed by atoms with E-state index >= 15 is 0 Å². The van der Waals surface area contributed by atoms with Crippen LogP contribution in [0, 0.1) is 6.61 Å². The molecule has 0 saturated carbocycles. The number of hydrogen-bond acceptors (Lipinski definition) is 3. The Morgan fingerprint density at radius 1 is 1.55 bits per heavy atom. The van der Waals surface area contributed by atoms with Gasteiger partial charge in [-0.1, -0.05) is 0 Å². The standard InChI is InChI=1S/C8H15O3/c1-9-5-6-11-8-3-2-4-10-7-8/h4,8H,2-3,5-7H2,1H3/t8-/m1/s1. The summed E-state index contributed by atoms with van der Waals surface area (Å²) in [6.45, 7) is 3.88. The van der Waals surface area contributed by atoms with E-state index in [0.29, 0.717) is 19.8 Å². The molecule has 0 aliphatic carbocycles. The lowest BCUT2D eigenvalue weighted by Crippen LogP contribution is -2.24. The molecule has 1 atom stereocenters. The van der Waals surface area contributed by atoms with E-state index in [1.165, 1.54) is 0 Å². The zero-order valence-electron chi connectivity index (χ0n) is 6.91. The summed E-state index contributed by atoms with van der Waals surface area (Å²) in [5.41, 5.74) is 0. The first kappa shape index (κ1) is 8.97. The van der Waals surface area contributed by atoms with Crippen LogP contribution in [0.25, 0.3) is 0 Å². The van der Waals surface area contributed by atoms with E-state index in [1.807, 2.05) is 6.61 Å². The fraction of sp³-hybridized carbons (Fsp3) is 0.875. The van der Waals surface area contributed by atoms with Gasteiger partial charge < -0.3 is 14.2 Å². The zero-order valence-corrected chi connectivity index (χ0v) is 6.91. The summed E-state index contributed by atoms with van der Waals surface area (Å²) in [5, 5.41) is 0. The summed E-state index contributed by atoms with van der Waals surface area (Å²) in [6.07, 6.45) is 2.34. The Kier molecular flexibility index (Phi) is 4.50. The summed E-state index contributed by atoms with van der Waals surface area (Å²) in [6, 6.07) is 0. The maximum absolute atomic E-state index is 5.45. The van der Waals surface area contributed by atoms with E-state index in [1.54, 1.807) is 7.11 Å². The highest BCUT2D eigenvalue weighted by atomic mass is 16.5. The molecule has 65 valence electrons. The van der Waals surface area contributed by atoms with Crippen LogP contribution in [0.5, 0.6) is 0 Å². The average molecular weight is 159 g/mol. The molecule has 1 radical (unpaired) electrons. The van der Waals surface area contributed by atoms with Gasteiger partial charge in [0.05, 0.1) is 32.5 Å². The Hall–Kier alpha value is -0.120. The van der Waals surface area contributed by atoms with Crippen molar-refractivity contribution in [3.63, 3.8) is 0 Å². The third-order valence-corrected chi connectivity index (χ3v) is 1.65. The van der Waals surface area contributed by atoms with Crippen LogP contribution in [0.1, 0.15) is 12.8 Å². The second kappa shape index (κ2) is 5.52. The van der Waals surface area contributed by atoms with E-state index in [9.17, 15) is 0 Å². The van der Waals surface area contributed by atoms with Gasteiger partial charge in [-0.25, -0.2) is 0 Å². The van der Waals surface area contributed by atoms with Crippen LogP contribution in [-0.2, 0) is 14.2 Å². The van der Waals surface area contributed by atoms with Crippen molar-refractivity contribution in [2.45, 2.75) is 18.9 Å². The summed E-state index contributed by atoms with van der Waals surface area (Å²) in [7, 11) is 1.68. The van der Waals surface area contributed by atoms with Gasteiger partial charge in [0.1, 0.15) is 0 Å². The van der Waals surface area contributed by atoms with Crippen LogP contribution < -0.4 is 0 Å². The van der Waals surface area contributed by atoms with Crippen molar-refractivity contribution in [1.82, 2.24) is 0 Å². The monoisotopic (exact) mass is 159 g/mol. The van der Waals surface area contributed by atoms with Crippen LogP contribution in [0.4, 0.5) is 0 Å². The third kappa shape index (κ3) is 3.70. The van der Waals surface area contributed by atoms with Crippen molar-refractivity contribution in [3.8, 4) is 0 Å². The first-order valence-corrected chi connectivity index (χ1v) is 3.97. The van der Waals surface area contributed by atoms with E-state index in [2.05, 4.69) is 0 Å². The summed E-state index contributed by atoms with van der Waals surface area (Å²) < 4.78 is 15.4. The van der Waals surface area contributed by atoms with Gasteiger partial charge in [-0.05, 0) is 12.8 Å². The van der Waals surface area contributed by atoms with Crippen LogP contribution >= 0.6 is 0 Å². The lowest BCUT2D eigenvalue weighted by atomic mass is 10.2. The van der Waals surface area contributed by atoms with Gasteiger partial charge >= 0.3 is 0 Å². The lowest BCUT2D eigenvalue weighted by molar-refractivity contribution is -0.0433. The first-order valence-electron chi connectivity index (χ1n) is 3.97. The average Bonchev–Trinajstić information content (AvgIpc) is 2.07. The molecular formula is C8H15O3. The molecule has 1 saturated heterocycles. The molecule has 0 bridgehead atoms. The summed E-state index contributed by atoms with van der Waals surface area (Å²) in [5.74, 6) is 0. The molecule has 1 aliphatic heterocycles. The first-order chi connectivity index (χ1) is 5.43. The minimum Gasteiger partial charge on any atom is -0.382 e.